The quantitative estimate of drug-likeness (QED) is 0.795. The lowest BCUT2D eigenvalue weighted by Crippen LogP contribution is -2.29. The lowest BCUT2D eigenvalue weighted by atomic mass is 9.89. The van der Waals surface area contributed by atoms with Gasteiger partial charge in [0.05, 0.1) is 24.3 Å². The number of anilines is 1. The van der Waals surface area contributed by atoms with E-state index in [1.165, 1.54) is 11.9 Å². The van der Waals surface area contributed by atoms with Gasteiger partial charge in [0.2, 0.25) is 0 Å². The van der Waals surface area contributed by atoms with Crippen LogP contribution in [0.1, 0.15) is 34.7 Å². The summed E-state index contributed by atoms with van der Waals surface area (Å²) < 4.78 is 5.72. The van der Waals surface area contributed by atoms with Gasteiger partial charge in [-0.3, -0.25) is 4.79 Å². The number of carbonyl (C=O) groups excluding carboxylic acids is 1. The molecule has 1 saturated heterocycles. The van der Waals surface area contributed by atoms with Crippen molar-refractivity contribution in [1.82, 2.24) is 14.9 Å². The fraction of sp³-hybridized carbons (Fsp3) is 0.316. The van der Waals surface area contributed by atoms with Gasteiger partial charge in [0.1, 0.15) is 11.9 Å². The van der Waals surface area contributed by atoms with Crippen LogP contribution in [0, 0.1) is 0 Å². The molecule has 1 aliphatic heterocycles. The van der Waals surface area contributed by atoms with E-state index < -0.39 is 0 Å². The van der Waals surface area contributed by atoms with Gasteiger partial charge in [0.15, 0.2) is 0 Å². The molecule has 1 aromatic carbocycles. The van der Waals surface area contributed by atoms with Crippen LogP contribution in [-0.2, 0) is 0 Å². The topological polar surface area (TPSA) is 71.3 Å². The largest absolute Gasteiger partial charge is 0.464 e. The Hall–Kier alpha value is -2.73. The van der Waals surface area contributed by atoms with Crippen LogP contribution >= 0.6 is 0 Å². The van der Waals surface area contributed by atoms with Crippen molar-refractivity contribution in [3.8, 4) is 0 Å². The van der Waals surface area contributed by atoms with Gasteiger partial charge in [0.25, 0.3) is 5.91 Å². The maximum absolute atomic E-state index is 12.5. The van der Waals surface area contributed by atoms with E-state index in [0.29, 0.717) is 17.2 Å². The number of aromatic nitrogens is 2. The number of carbonyl (C=O) groups is 1. The molecular weight excluding hydrogens is 316 g/mol. The zero-order chi connectivity index (χ0) is 17.2. The second kappa shape index (κ2) is 6.64. The number of furan rings is 1. The normalized spacial score (nSPS) is 16.2. The minimum atomic E-state index is -0.174. The number of nitrogens with zero attached hydrogens (tertiary/aromatic N) is 3. The first kappa shape index (κ1) is 15.8. The van der Waals surface area contributed by atoms with Crippen LogP contribution in [0.25, 0.3) is 11.0 Å². The summed E-state index contributed by atoms with van der Waals surface area (Å²) in [5.74, 6) is 0.311. The molecule has 4 rings (SSSR count). The van der Waals surface area contributed by atoms with E-state index in [4.69, 9.17) is 4.42 Å². The molecule has 0 atom stereocenters. The number of amides is 1. The summed E-state index contributed by atoms with van der Waals surface area (Å²) in [5, 5.41) is 3.85. The molecule has 25 heavy (non-hydrogen) atoms. The summed E-state index contributed by atoms with van der Waals surface area (Å²) in [6.45, 7) is 2.18. The van der Waals surface area contributed by atoms with Crippen molar-refractivity contribution in [3.05, 3.63) is 54.3 Å². The Kier molecular flexibility index (Phi) is 4.19. The Morgan fingerprint density at radius 1 is 1.24 bits per heavy atom. The third-order valence-electron chi connectivity index (χ3n) is 4.84. The van der Waals surface area contributed by atoms with Crippen molar-refractivity contribution in [3.63, 3.8) is 0 Å². The predicted octanol–water partition coefficient (Wildman–Crippen LogP) is 3.28. The number of likely N-dealkylation sites (tertiary alicyclic amines) is 1. The summed E-state index contributed by atoms with van der Waals surface area (Å²) in [6, 6.07) is 5.57. The van der Waals surface area contributed by atoms with E-state index in [0.717, 1.165) is 36.9 Å². The molecule has 2 aromatic heterocycles. The molecular formula is C19H20N4O2. The monoisotopic (exact) mass is 336 g/mol. The number of benzene rings is 1. The van der Waals surface area contributed by atoms with Gasteiger partial charge >= 0.3 is 0 Å². The highest BCUT2D eigenvalue weighted by Gasteiger charge is 2.22. The van der Waals surface area contributed by atoms with Crippen molar-refractivity contribution >= 4 is 22.6 Å². The lowest BCUT2D eigenvalue weighted by molar-refractivity contribution is 0.102. The second-order valence-corrected chi connectivity index (χ2v) is 6.56. The fourth-order valence-corrected chi connectivity index (χ4v) is 3.39. The van der Waals surface area contributed by atoms with Gasteiger partial charge in [-0.25, -0.2) is 9.97 Å². The van der Waals surface area contributed by atoms with Crippen molar-refractivity contribution in [2.45, 2.75) is 18.8 Å². The summed E-state index contributed by atoms with van der Waals surface area (Å²) >= 11 is 0. The summed E-state index contributed by atoms with van der Waals surface area (Å²) in [5.41, 5.74) is 3.22. The Morgan fingerprint density at radius 2 is 2.00 bits per heavy atom. The second-order valence-electron chi connectivity index (χ2n) is 6.56. The van der Waals surface area contributed by atoms with Gasteiger partial charge in [0, 0.05) is 16.5 Å². The highest BCUT2D eigenvalue weighted by molar-refractivity contribution is 6.06. The van der Waals surface area contributed by atoms with E-state index in [9.17, 15) is 4.79 Å². The number of fused-ring (bicyclic) bond motifs is 1. The zero-order valence-electron chi connectivity index (χ0n) is 14.1. The van der Waals surface area contributed by atoms with Crippen molar-refractivity contribution < 1.29 is 9.21 Å². The van der Waals surface area contributed by atoms with Crippen LogP contribution in [0.5, 0.6) is 0 Å². The SMILES string of the molecule is CN1CCC(c2coc3ccc(C(=O)Nc4cncnc4)cc23)CC1. The summed E-state index contributed by atoms with van der Waals surface area (Å²) in [4.78, 5) is 22.7. The molecule has 0 unspecified atom stereocenters. The van der Waals surface area contributed by atoms with Gasteiger partial charge in [-0.05, 0) is 57.1 Å². The molecule has 128 valence electrons. The molecule has 0 saturated carbocycles. The average Bonchev–Trinajstić information content (AvgIpc) is 3.06. The minimum absolute atomic E-state index is 0.174. The lowest BCUT2D eigenvalue weighted by Gasteiger charge is -2.28. The van der Waals surface area contributed by atoms with E-state index in [2.05, 4.69) is 27.2 Å². The molecule has 6 nitrogen and oxygen atoms in total. The zero-order valence-corrected chi connectivity index (χ0v) is 14.1. The molecule has 6 heteroatoms. The maximum atomic E-state index is 12.5. The Labute approximate surface area is 145 Å². The van der Waals surface area contributed by atoms with Gasteiger partial charge < -0.3 is 14.6 Å². The molecule has 0 spiro atoms. The van der Waals surface area contributed by atoms with Crippen molar-refractivity contribution in [1.29, 1.82) is 0 Å². The first-order valence-electron chi connectivity index (χ1n) is 8.47. The van der Waals surface area contributed by atoms with E-state index in [1.807, 2.05) is 18.4 Å². The highest BCUT2D eigenvalue weighted by atomic mass is 16.3. The van der Waals surface area contributed by atoms with Crippen LogP contribution in [-0.4, -0.2) is 40.9 Å². The molecule has 1 amide bonds. The van der Waals surface area contributed by atoms with Gasteiger partial charge in [-0.15, -0.1) is 0 Å². The molecule has 0 aliphatic carbocycles. The number of hydrogen-bond donors (Lipinski definition) is 1. The predicted molar refractivity (Wildman–Crippen MR) is 95.7 cm³/mol. The van der Waals surface area contributed by atoms with Crippen LogP contribution < -0.4 is 5.32 Å². The molecule has 0 bridgehead atoms. The Morgan fingerprint density at radius 3 is 2.76 bits per heavy atom. The number of rotatable bonds is 3. The van der Waals surface area contributed by atoms with Gasteiger partial charge in [-0.2, -0.15) is 0 Å². The van der Waals surface area contributed by atoms with E-state index in [1.54, 1.807) is 18.5 Å². The molecule has 3 aromatic rings. The molecule has 1 N–H and O–H groups in total. The van der Waals surface area contributed by atoms with Crippen LogP contribution in [0.4, 0.5) is 5.69 Å². The smallest absolute Gasteiger partial charge is 0.255 e. The Balaban J connectivity index is 1.61. The third-order valence-corrected chi connectivity index (χ3v) is 4.84. The van der Waals surface area contributed by atoms with E-state index >= 15 is 0 Å². The molecule has 3 heterocycles. The molecule has 0 radical (unpaired) electrons. The highest BCUT2D eigenvalue weighted by Crippen LogP contribution is 2.34. The number of piperidine rings is 1. The maximum Gasteiger partial charge on any atom is 0.255 e. The van der Waals surface area contributed by atoms with Crippen LogP contribution in [0.2, 0.25) is 0 Å². The van der Waals surface area contributed by atoms with Crippen molar-refractivity contribution in [2.24, 2.45) is 0 Å². The van der Waals surface area contributed by atoms with Crippen LogP contribution in [0.3, 0.4) is 0 Å². The van der Waals surface area contributed by atoms with E-state index in [-0.39, 0.29) is 5.91 Å². The van der Waals surface area contributed by atoms with Gasteiger partial charge in [-0.1, -0.05) is 0 Å². The first-order chi connectivity index (χ1) is 12.2. The number of hydrogen-bond acceptors (Lipinski definition) is 5. The first-order valence-corrected chi connectivity index (χ1v) is 8.47. The third kappa shape index (κ3) is 3.25. The minimum Gasteiger partial charge on any atom is -0.464 e. The standard InChI is InChI=1S/C19H20N4O2/c1-23-6-4-13(5-7-23)17-11-25-18-3-2-14(8-16(17)18)19(24)22-15-9-20-12-21-10-15/h2-3,8-13H,4-7H2,1H3,(H,22,24). The number of nitrogens with one attached hydrogen (secondary N) is 1. The fourth-order valence-electron chi connectivity index (χ4n) is 3.39. The summed E-state index contributed by atoms with van der Waals surface area (Å²) in [6.07, 6.45) is 8.66. The molecule has 1 fully saturated rings. The average molecular weight is 336 g/mol. The van der Waals surface area contributed by atoms with Crippen molar-refractivity contribution in [2.75, 3.05) is 25.5 Å². The summed E-state index contributed by atoms with van der Waals surface area (Å²) in [7, 11) is 2.15. The molecule has 1 aliphatic rings. The van der Waals surface area contributed by atoms with Crippen LogP contribution in [0.15, 0.2) is 47.6 Å². The Bertz CT molecular complexity index is 883.